The van der Waals surface area contributed by atoms with Crippen LogP contribution >= 0.6 is 0 Å². The number of hydrogen-bond acceptors (Lipinski definition) is 3. The number of carbonyl (C=O) groups is 2. The molecule has 3 rings (SSSR count). The molecule has 9 heteroatoms. The summed E-state index contributed by atoms with van der Waals surface area (Å²) >= 11 is 0. The van der Waals surface area contributed by atoms with Crippen molar-refractivity contribution in [3.8, 4) is 5.75 Å². The van der Waals surface area contributed by atoms with Crippen molar-refractivity contribution in [1.82, 2.24) is 9.80 Å². The van der Waals surface area contributed by atoms with Crippen LogP contribution in [-0.2, 0) is 0 Å². The number of rotatable bonds is 4. The average molecular weight is 396 g/mol. The van der Waals surface area contributed by atoms with Crippen molar-refractivity contribution in [2.24, 2.45) is 0 Å². The zero-order chi connectivity index (χ0) is 20.3. The first-order chi connectivity index (χ1) is 13.3. The molecule has 2 aromatic rings. The highest BCUT2D eigenvalue weighted by Crippen LogP contribution is 2.23. The summed E-state index contributed by atoms with van der Waals surface area (Å²) in [5.41, 5.74) is -0.122. The van der Waals surface area contributed by atoms with Crippen molar-refractivity contribution in [3.05, 3.63) is 65.2 Å². The molecule has 0 N–H and O–H groups in total. The molecule has 2 amide bonds. The number of hydrogen-bond donors (Lipinski definition) is 0. The third kappa shape index (κ3) is 4.41. The van der Waals surface area contributed by atoms with Gasteiger partial charge in [-0.2, -0.15) is 8.78 Å². The topological polar surface area (TPSA) is 49.9 Å². The lowest BCUT2D eigenvalue weighted by atomic mass is 10.1. The van der Waals surface area contributed by atoms with Crippen molar-refractivity contribution in [2.45, 2.75) is 6.61 Å². The van der Waals surface area contributed by atoms with Crippen LogP contribution in [0.2, 0.25) is 0 Å². The summed E-state index contributed by atoms with van der Waals surface area (Å²) in [7, 11) is 0. The van der Waals surface area contributed by atoms with Gasteiger partial charge in [0.2, 0.25) is 0 Å². The maximum atomic E-state index is 13.3. The molecule has 0 aromatic heterocycles. The molecule has 0 bridgehead atoms. The minimum Gasteiger partial charge on any atom is -0.434 e. The van der Waals surface area contributed by atoms with E-state index in [1.54, 1.807) is 0 Å². The maximum Gasteiger partial charge on any atom is 0.387 e. The van der Waals surface area contributed by atoms with Crippen molar-refractivity contribution < 1.29 is 31.9 Å². The van der Waals surface area contributed by atoms with Gasteiger partial charge in [-0.1, -0.05) is 12.1 Å². The molecule has 1 fully saturated rings. The van der Waals surface area contributed by atoms with Crippen LogP contribution in [0.4, 0.5) is 17.6 Å². The van der Waals surface area contributed by atoms with Gasteiger partial charge in [-0.3, -0.25) is 9.59 Å². The van der Waals surface area contributed by atoms with Gasteiger partial charge in [0, 0.05) is 37.8 Å². The highest BCUT2D eigenvalue weighted by atomic mass is 19.3. The summed E-state index contributed by atoms with van der Waals surface area (Å²) in [6.07, 6.45) is 0. The summed E-state index contributed by atoms with van der Waals surface area (Å²) < 4.78 is 56.0. The second-order valence-electron chi connectivity index (χ2n) is 6.12. The highest BCUT2D eigenvalue weighted by Gasteiger charge is 2.27. The van der Waals surface area contributed by atoms with Gasteiger partial charge in [-0.25, -0.2) is 8.78 Å². The molecule has 1 saturated heterocycles. The second kappa shape index (κ2) is 8.28. The number of benzene rings is 2. The predicted molar refractivity (Wildman–Crippen MR) is 91.2 cm³/mol. The van der Waals surface area contributed by atoms with E-state index < -0.39 is 30.1 Å². The van der Waals surface area contributed by atoms with E-state index in [4.69, 9.17) is 0 Å². The smallest absolute Gasteiger partial charge is 0.387 e. The number of halogens is 4. The van der Waals surface area contributed by atoms with E-state index in [-0.39, 0.29) is 43.1 Å². The Kier molecular flexibility index (Phi) is 5.81. The lowest BCUT2D eigenvalue weighted by molar-refractivity contribution is -0.0503. The molecule has 0 atom stereocenters. The average Bonchev–Trinajstić information content (AvgIpc) is 2.66. The van der Waals surface area contributed by atoms with Crippen molar-refractivity contribution in [3.63, 3.8) is 0 Å². The van der Waals surface area contributed by atoms with Gasteiger partial charge in [0.1, 0.15) is 17.4 Å². The Morgan fingerprint density at radius 1 is 0.857 bits per heavy atom. The number of para-hydroxylation sites is 1. The summed E-state index contributed by atoms with van der Waals surface area (Å²) in [6.45, 7) is -2.49. The summed E-state index contributed by atoms with van der Waals surface area (Å²) in [4.78, 5) is 27.8. The van der Waals surface area contributed by atoms with Gasteiger partial charge in [0.15, 0.2) is 0 Å². The molecule has 5 nitrogen and oxygen atoms in total. The molecule has 1 aliphatic rings. The first kappa shape index (κ1) is 19.7. The molecule has 148 valence electrons. The Morgan fingerprint density at radius 2 is 1.39 bits per heavy atom. The lowest BCUT2D eigenvalue weighted by Crippen LogP contribution is -2.50. The predicted octanol–water partition coefficient (Wildman–Crippen LogP) is 3.16. The Bertz CT molecular complexity index is 863. The van der Waals surface area contributed by atoms with Gasteiger partial charge in [0.25, 0.3) is 11.8 Å². The van der Waals surface area contributed by atoms with E-state index in [0.717, 1.165) is 12.1 Å². The quantitative estimate of drug-likeness (QED) is 0.746. The minimum atomic E-state index is -3.06. The van der Waals surface area contributed by atoms with E-state index in [2.05, 4.69) is 4.74 Å². The van der Waals surface area contributed by atoms with Gasteiger partial charge in [0.05, 0.1) is 5.56 Å². The molecule has 0 radical (unpaired) electrons. The van der Waals surface area contributed by atoms with Crippen LogP contribution < -0.4 is 4.74 Å². The Morgan fingerprint density at radius 3 is 1.96 bits per heavy atom. The third-order valence-electron chi connectivity index (χ3n) is 4.30. The van der Waals surface area contributed by atoms with Crippen LogP contribution in [0.15, 0.2) is 42.5 Å². The number of alkyl halides is 2. The molecule has 0 saturated carbocycles. The molecule has 0 spiro atoms. The van der Waals surface area contributed by atoms with Crippen LogP contribution in [-0.4, -0.2) is 54.4 Å². The van der Waals surface area contributed by atoms with Gasteiger partial charge < -0.3 is 14.5 Å². The fourth-order valence-corrected chi connectivity index (χ4v) is 2.98. The third-order valence-corrected chi connectivity index (χ3v) is 4.30. The first-order valence-corrected chi connectivity index (χ1v) is 8.43. The fourth-order valence-electron chi connectivity index (χ4n) is 2.98. The lowest BCUT2D eigenvalue weighted by Gasteiger charge is -2.35. The Hall–Kier alpha value is -3.10. The number of amides is 2. The molecule has 2 aromatic carbocycles. The Balaban J connectivity index is 1.67. The van der Waals surface area contributed by atoms with Crippen LogP contribution in [0.25, 0.3) is 0 Å². The van der Waals surface area contributed by atoms with Crippen LogP contribution in [0.5, 0.6) is 5.75 Å². The number of carbonyl (C=O) groups excluding carboxylic acids is 2. The largest absolute Gasteiger partial charge is 0.434 e. The van der Waals surface area contributed by atoms with Crippen LogP contribution in [0, 0.1) is 11.6 Å². The number of piperazine rings is 1. The highest BCUT2D eigenvalue weighted by molar-refractivity contribution is 5.97. The molecule has 0 aliphatic carbocycles. The van der Waals surface area contributed by atoms with Crippen molar-refractivity contribution in [2.75, 3.05) is 26.2 Å². The van der Waals surface area contributed by atoms with E-state index >= 15 is 0 Å². The van der Waals surface area contributed by atoms with E-state index in [0.29, 0.717) is 6.07 Å². The zero-order valence-corrected chi connectivity index (χ0v) is 14.6. The molecular weight excluding hydrogens is 380 g/mol. The van der Waals surface area contributed by atoms with Crippen LogP contribution in [0.3, 0.4) is 0 Å². The summed E-state index contributed by atoms with van der Waals surface area (Å²) in [6, 6.07) is 8.23. The molecule has 28 heavy (non-hydrogen) atoms. The molecule has 0 unspecified atom stereocenters. The van der Waals surface area contributed by atoms with Gasteiger partial charge in [-0.05, 0) is 24.3 Å². The van der Waals surface area contributed by atoms with E-state index in [1.165, 1.54) is 34.1 Å². The van der Waals surface area contributed by atoms with Crippen molar-refractivity contribution in [1.29, 1.82) is 0 Å². The standard InChI is InChI=1S/C19H16F4N2O3/c20-13-9-12(10-14(21)11-13)17(26)24-5-7-25(8-6-24)18(27)15-3-1-2-4-16(15)28-19(22)23/h1-4,9-11,19H,5-8H2. The summed E-state index contributed by atoms with van der Waals surface area (Å²) in [5, 5.41) is 0. The molecular formula is C19H16F4N2O3. The monoisotopic (exact) mass is 396 g/mol. The van der Waals surface area contributed by atoms with Gasteiger partial charge >= 0.3 is 6.61 Å². The number of nitrogens with zero attached hydrogens (tertiary/aromatic N) is 2. The van der Waals surface area contributed by atoms with Gasteiger partial charge in [-0.15, -0.1) is 0 Å². The summed E-state index contributed by atoms with van der Waals surface area (Å²) in [5.74, 6) is -2.98. The molecule has 1 aliphatic heterocycles. The zero-order valence-electron chi connectivity index (χ0n) is 14.6. The maximum absolute atomic E-state index is 13.3. The Labute approximate surface area is 158 Å². The van der Waals surface area contributed by atoms with Crippen molar-refractivity contribution >= 4 is 11.8 Å². The van der Waals surface area contributed by atoms with E-state index in [1.807, 2.05) is 0 Å². The second-order valence-corrected chi connectivity index (χ2v) is 6.12. The SMILES string of the molecule is O=C(c1cc(F)cc(F)c1)N1CCN(C(=O)c2ccccc2OC(F)F)CC1. The van der Waals surface area contributed by atoms with E-state index in [9.17, 15) is 27.2 Å². The molecule has 1 heterocycles. The normalized spacial score (nSPS) is 14.3. The minimum absolute atomic E-state index is 0.00484. The fraction of sp³-hybridized carbons (Fsp3) is 0.263. The number of ether oxygens (including phenoxy) is 1. The van der Waals surface area contributed by atoms with Crippen LogP contribution in [0.1, 0.15) is 20.7 Å². The first-order valence-electron chi connectivity index (χ1n) is 8.43.